The van der Waals surface area contributed by atoms with Gasteiger partial charge in [-0.1, -0.05) is 62.4 Å². The molecule has 1 saturated carbocycles. The average molecular weight is 504 g/mol. The number of rotatable bonds is 13. The van der Waals surface area contributed by atoms with E-state index in [9.17, 15) is 14.7 Å². The summed E-state index contributed by atoms with van der Waals surface area (Å²) in [7, 11) is 0. The van der Waals surface area contributed by atoms with E-state index in [1.165, 1.54) is 50.3 Å². The zero-order valence-electron chi connectivity index (χ0n) is 22.0. The van der Waals surface area contributed by atoms with Crippen LogP contribution in [0.4, 0.5) is 0 Å². The molecule has 0 spiro atoms. The summed E-state index contributed by atoms with van der Waals surface area (Å²) in [6.45, 7) is 3.23. The number of amides is 1. The summed E-state index contributed by atoms with van der Waals surface area (Å²) in [6, 6.07) is 12.6. The van der Waals surface area contributed by atoms with Crippen LogP contribution in [-0.4, -0.2) is 36.5 Å². The normalized spacial score (nSPS) is 14.6. The Balaban J connectivity index is 0.00000456. The summed E-state index contributed by atoms with van der Waals surface area (Å²) >= 11 is 1.54. The molecule has 1 atom stereocenters. The van der Waals surface area contributed by atoms with Crippen molar-refractivity contribution in [3.05, 3.63) is 59.2 Å². The average Bonchev–Trinajstić information content (AvgIpc) is 2.87. The second-order valence-electron chi connectivity index (χ2n) is 9.52. The zero-order chi connectivity index (χ0) is 25.0. The summed E-state index contributed by atoms with van der Waals surface area (Å²) in [5.41, 5.74) is 4.23. The van der Waals surface area contributed by atoms with E-state index in [2.05, 4.69) is 5.32 Å². The zero-order valence-corrected chi connectivity index (χ0v) is 22.8. The third-order valence-corrected chi connectivity index (χ3v) is 7.50. The minimum atomic E-state index is -1.26. The van der Waals surface area contributed by atoms with Gasteiger partial charge in [-0.2, -0.15) is 11.8 Å². The number of carboxylic acid groups (broad SMARTS) is 1. The largest absolute Gasteiger partial charge is 1.00 e. The molecule has 3 rings (SSSR count). The fourth-order valence-corrected chi connectivity index (χ4v) is 5.31. The van der Waals surface area contributed by atoms with E-state index in [1.54, 1.807) is 6.07 Å². The third kappa shape index (κ3) is 9.30. The first kappa shape index (κ1) is 30.5. The first-order chi connectivity index (χ1) is 17.0. The molecule has 1 amide bonds. The molecule has 36 heavy (non-hydrogen) atoms. The minimum absolute atomic E-state index is 0. The Morgan fingerprint density at radius 1 is 1.11 bits per heavy atom. The second-order valence-corrected chi connectivity index (χ2v) is 10.5. The van der Waals surface area contributed by atoms with E-state index in [4.69, 9.17) is 4.74 Å². The fourth-order valence-electron chi connectivity index (χ4n) is 4.84. The minimum Gasteiger partial charge on any atom is -0.548 e. The molecule has 0 radical (unpaired) electrons. The van der Waals surface area contributed by atoms with Crippen LogP contribution in [0.15, 0.2) is 42.5 Å². The molecular formula is C29H38LiNO4S. The van der Waals surface area contributed by atoms with Crippen LogP contribution in [0, 0.1) is 12.8 Å². The van der Waals surface area contributed by atoms with Crippen molar-refractivity contribution in [2.45, 2.75) is 70.9 Å². The van der Waals surface area contributed by atoms with Gasteiger partial charge >= 0.3 is 18.9 Å². The number of nitrogens with one attached hydrogen (secondary N) is 1. The van der Waals surface area contributed by atoms with Crippen LogP contribution in [0.2, 0.25) is 0 Å². The van der Waals surface area contributed by atoms with Crippen LogP contribution in [0.5, 0.6) is 0 Å². The number of carboxylic acids is 1. The first-order valence-corrected chi connectivity index (χ1v) is 14.2. The molecule has 0 unspecified atom stereocenters. The fraction of sp³-hybridized carbons (Fsp3) is 0.517. The van der Waals surface area contributed by atoms with Crippen LogP contribution >= 0.6 is 11.8 Å². The van der Waals surface area contributed by atoms with Gasteiger partial charge in [-0.25, -0.2) is 0 Å². The van der Waals surface area contributed by atoms with Gasteiger partial charge in [0.25, 0.3) is 5.91 Å². The number of thioether (sulfide) groups is 1. The van der Waals surface area contributed by atoms with E-state index >= 15 is 0 Å². The maximum Gasteiger partial charge on any atom is 1.00 e. The van der Waals surface area contributed by atoms with Gasteiger partial charge in [0, 0.05) is 12.2 Å². The molecule has 7 heteroatoms. The SMILES string of the molecule is CSCC[C@H](NC(=O)c1ccc(COCCCC2CCCCC2)cc1-c1ccccc1C)C(=O)[O-].[Li+]. The number of hydrogen-bond acceptors (Lipinski definition) is 5. The van der Waals surface area contributed by atoms with Gasteiger partial charge in [0.2, 0.25) is 0 Å². The van der Waals surface area contributed by atoms with E-state index in [0.717, 1.165) is 41.2 Å². The van der Waals surface area contributed by atoms with Gasteiger partial charge < -0.3 is 20.0 Å². The van der Waals surface area contributed by atoms with Crippen LogP contribution in [-0.2, 0) is 16.1 Å². The van der Waals surface area contributed by atoms with Crippen molar-refractivity contribution in [2.24, 2.45) is 5.92 Å². The number of ether oxygens (including phenoxy) is 1. The maximum absolute atomic E-state index is 13.1. The number of benzene rings is 2. The van der Waals surface area contributed by atoms with Crippen LogP contribution < -0.4 is 29.3 Å². The van der Waals surface area contributed by atoms with Gasteiger partial charge in [0.1, 0.15) is 0 Å². The second kappa shape index (κ2) is 16.2. The smallest absolute Gasteiger partial charge is 0.548 e. The van der Waals surface area contributed by atoms with Crippen molar-refractivity contribution in [2.75, 3.05) is 18.6 Å². The standard InChI is InChI=1S/C29H39NO4S.Li/c1-21-9-6-7-13-24(21)26-19-23(20-34-17-8-12-22-10-4-3-5-11-22)14-15-25(26)28(31)30-27(29(32)33)16-18-35-2;/h6-7,9,13-15,19,22,27H,3-5,8,10-12,16-18,20H2,1-2H3,(H,30,31)(H,32,33);/q;+1/p-1/t27-;/m0./s1. The van der Waals surface area contributed by atoms with Crippen molar-refractivity contribution < 1.29 is 38.3 Å². The Hall–Kier alpha value is -1.71. The van der Waals surface area contributed by atoms with E-state index in [1.807, 2.05) is 49.6 Å². The summed E-state index contributed by atoms with van der Waals surface area (Å²) < 4.78 is 5.98. The third-order valence-electron chi connectivity index (χ3n) is 6.86. The van der Waals surface area contributed by atoms with Crippen molar-refractivity contribution in [1.82, 2.24) is 5.32 Å². The van der Waals surface area contributed by atoms with Crippen molar-refractivity contribution in [3.8, 4) is 11.1 Å². The molecule has 5 nitrogen and oxygen atoms in total. The molecule has 0 heterocycles. The Bertz CT molecular complexity index is 977. The summed E-state index contributed by atoms with van der Waals surface area (Å²) in [4.78, 5) is 24.7. The van der Waals surface area contributed by atoms with Crippen LogP contribution in [0.3, 0.4) is 0 Å². The molecule has 0 bridgehead atoms. The maximum atomic E-state index is 13.1. The summed E-state index contributed by atoms with van der Waals surface area (Å²) in [5, 5.41) is 14.2. The van der Waals surface area contributed by atoms with E-state index in [-0.39, 0.29) is 18.9 Å². The van der Waals surface area contributed by atoms with Gasteiger partial charge in [0.15, 0.2) is 0 Å². The summed E-state index contributed by atoms with van der Waals surface area (Å²) in [6.07, 6.45) is 11.4. The molecule has 1 aliphatic carbocycles. The first-order valence-electron chi connectivity index (χ1n) is 12.8. The molecule has 0 aliphatic heterocycles. The van der Waals surface area contributed by atoms with Gasteiger partial charge in [-0.3, -0.25) is 4.79 Å². The molecule has 1 N–H and O–H groups in total. The molecule has 190 valence electrons. The molecule has 0 aromatic heterocycles. The number of carbonyl (C=O) groups is 2. The topological polar surface area (TPSA) is 78.5 Å². The predicted octanol–water partition coefficient (Wildman–Crippen LogP) is 2.14. The van der Waals surface area contributed by atoms with Gasteiger partial charge in [0.05, 0.1) is 18.6 Å². The molecule has 1 fully saturated rings. The Labute approximate surface area is 232 Å². The van der Waals surface area contributed by atoms with Crippen molar-refractivity contribution in [1.29, 1.82) is 0 Å². The molecule has 2 aromatic carbocycles. The molecule has 1 aliphatic rings. The number of hydrogen-bond donors (Lipinski definition) is 1. The number of aryl methyl sites for hydroxylation is 1. The van der Waals surface area contributed by atoms with Crippen LogP contribution in [0.1, 0.15) is 72.9 Å². The number of aliphatic carboxylic acids is 1. The van der Waals surface area contributed by atoms with E-state index < -0.39 is 17.9 Å². The molecule has 2 aromatic rings. The van der Waals surface area contributed by atoms with Crippen molar-refractivity contribution >= 4 is 23.6 Å². The predicted molar refractivity (Wildman–Crippen MR) is 141 cm³/mol. The molecular weight excluding hydrogens is 465 g/mol. The summed E-state index contributed by atoms with van der Waals surface area (Å²) in [5.74, 6) is -0.180. The van der Waals surface area contributed by atoms with Gasteiger partial charge in [-0.15, -0.1) is 0 Å². The van der Waals surface area contributed by atoms with E-state index in [0.29, 0.717) is 24.3 Å². The quantitative estimate of drug-likeness (QED) is 0.335. The van der Waals surface area contributed by atoms with Crippen LogP contribution in [0.25, 0.3) is 11.1 Å². The molecule has 0 saturated heterocycles. The number of carbonyl (C=O) groups excluding carboxylic acids is 2. The Morgan fingerprint density at radius 3 is 2.56 bits per heavy atom. The van der Waals surface area contributed by atoms with Crippen molar-refractivity contribution in [3.63, 3.8) is 0 Å². The Kier molecular flexibility index (Phi) is 13.7. The Morgan fingerprint density at radius 2 is 1.86 bits per heavy atom. The monoisotopic (exact) mass is 503 g/mol. The van der Waals surface area contributed by atoms with Gasteiger partial charge in [-0.05, 0) is 78.5 Å².